The molecule has 88 valence electrons. The van der Waals surface area contributed by atoms with Crippen LogP contribution in [-0.4, -0.2) is 37.4 Å². The first-order valence-electron chi connectivity index (χ1n) is 5.67. The molecule has 0 heterocycles. The monoisotopic (exact) mass is 220 g/mol. The molecule has 1 N–H and O–H groups in total. The van der Waals surface area contributed by atoms with Crippen LogP contribution in [0.2, 0.25) is 0 Å². The molecule has 1 aromatic rings. The third-order valence-electron chi connectivity index (χ3n) is 2.65. The van der Waals surface area contributed by atoms with Crippen LogP contribution in [0.25, 0.3) is 0 Å². The molecule has 0 aliphatic rings. The topological polar surface area (TPSA) is 32.3 Å². The summed E-state index contributed by atoms with van der Waals surface area (Å²) in [6.07, 6.45) is 0. The largest absolute Gasteiger partial charge is 0.384 e. The Labute approximate surface area is 97.5 Å². The van der Waals surface area contributed by atoms with E-state index in [9.17, 15) is 4.79 Å². The average Bonchev–Trinajstić information content (AvgIpc) is 2.29. The molecule has 0 aromatic heterocycles. The van der Waals surface area contributed by atoms with E-state index in [2.05, 4.69) is 24.2 Å². The Kier molecular flexibility index (Phi) is 4.99. The summed E-state index contributed by atoms with van der Waals surface area (Å²) in [5, 5.41) is 3.32. The summed E-state index contributed by atoms with van der Waals surface area (Å²) < 4.78 is 0. The maximum Gasteiger partial charge on any atom is 0.159 e. The Balaban J connectivity index is 2.40. The standard InChI is InChI=1S/C13H20N2O/c1-4-15(3)10-9-14-13-7-5-12(6-8-13)11(2)16/h5-8,14H,4,9-10H2,1-3H3. The van der Waals surface area contributed by atoms with Gasteiger partial charge in [-0.1, -0.05) is 6.92 Å². The van der Waals surface area contributed by atoms with E-state index in [4.69, 9.17) is 0 Å². The number of carbonyl (C=O) groups excluding carboxylic acids is 1. The minimum absolute atomic E-state index is 0.109. The average molecular weight is 220 g/mol. The molecule has 0 radical (unpaired) electrons. The second kappa shape index (κ2) is 6.28. The van der Waals surface area contributed by atoms with Crippen molar-refractivity contribution in [1.29, 1.82) is 0 Å². The highest BCUT2D eigenvalue weighted by Gasteiger charge is 1.98. The van der Waals surface area contributed by atoms with Crippen molar-refractivity contribution in [1.82, 2.24) is 4.90 Å². The molecular weight excluding hydrogens is 200 g/mol. The molecule has 0 aliphatic heterocycles. The van der Waals surface area contributed by atoms with Crippen molar-refractivity contribution in [2.24, 2.45) is 0 Å². The molecule has 0 saturated carbocycles. The van der Waals surface area contributed by atoms with Crippen LogP contribution in [0.1, 0.15) is 24.2 Å². The lowest BCUT2D eigenvalue weighted by molar-refractivity contribution is 0.101. The molecule has 0 amide bonds. The van der Waals surface area contributed by atoms with Crippen LogP contribution >= 0.6 is 0 Å². The summed E-state index contributed by atoms with van der Waals surface area (Å²) in [5.74, 6) is 0.109. The summed E-state index contributed by atoms with van der Waals surface area (Å²) in [5.41, 5.74) is 1.82. The van der Waals surface area contributed by atoms with Crippen molar-refractivity contribution in [3.8, 4) is 0 Å². The Morgan fingerprint density at radius 3 is 2.44 bits per heavy atom. The first-order chi connectivity index (χ1) is 7.63. The third kappa shape index (κ3) is 4.03. The molecule has 16 heavy (non-hydrogen) atoms. The minimum Gasteiger partial charge on any atom is -0.384 e. The number of nitrogens with zero attached hydrogens (tertiary/aromatic N) is 1. The van der Waals surface area contributed by atoms with Gasteiger partial charge in [0.25, 0.3) is 0 Å². The fraction of sp³-hybridized carbons (Fsp3) is 0.462. The number of carbonyl (C=O) groups is 1. The number of anilines is 1. The van der Waals surface area contributed by atoms with Crippen molar-refractivity contribution in [2.45, 2.75) is 13.8 Å². The summed E-state index contributed by atoms with van der Waals surface area (Å²) in [6, 6.07) is 7.60. The van der Waals surface area contributed by atoms with Crippen LogP contribution < -0.4 is 5.32 Å². The van der Waals surface area contributed by atoms with Gasteiger partial charge in [0, 0.05) is 24.3 Å². The van der Waals surface area contributed by atoms with Gasteiger partial charge in [-0.05, 0) is 44.8 Å². The molecule has 0 bridgehead atoms. The van der Waals surface area contributed by atoms with Gasteiger partial charge in [-0.2, -0.15) is 0 Å². The Morgan fingerprint density at radius 2 is 1.94 bits per heavy atom. The molecule has 0 atom stereocenters. The highest BCUT2D eigenvalue weighted by atomic mass is 16.1. The lowest BCUT2D eigenvalue weighted by Gasteiger charge is -2.14. The Bertz CT molecular complexity index is 332. The van der Waals surface area contributed by atoms with Crippen molar-refractivity contribution in [2.75, 3.05) is 32.0 Å². The number of hydrogen-bond donors (Lipinski definition) is 1. The highest BCUT2D eigenvalue weighted by Crippen LogP contribution is 2.09. The van der Waals surface area contributed by atoms with Gasteiger partial charge in [0.15, 0.2) is 5.78 Å². The zero-order valence-corrected chi connectivity index (χ0v) is 10.3. The van der Waals surface area contributed by atoms with Gasteiger partial charge in [0.05, 0.1) is 0 Å². The smallest absolute Gasteiger partial charge is 0.159 e. The molecule has 3 heteroatoms. The van der Waals surface area contributed by atoms with E-state index in [1.54, 1.807) is 6.92 Å². The second-order valence-electron chi connectivity index (χ2n) is 3.96. The quantitative estimate of drug-likeness (QED) is 0.746. The molecule has 0 unspecified atom stereocenters. The Morgan fingerprint density at radius 1 is 1.31 bits per heavy atom. The van der Waals surface area contributed by atoms with Gasteiger partial charge in [-0.3, -0.25) is 4.79 Å². The first-order valence-corrected chi connectivity index (χ1v) is 5.67. The number of rotatable bonds is 6. The fourth-order valence-corrected chi connectivity index (χ4v) is 1.37. The lowest BCUT2D eigenvalue weighted by Crippen LogP contribution is -2.24. The van der Waals surface area contributed by atoms with E-state index < -0.39 is 0 Å². The SMILES string of the molecule is CCN(C)CCNc1ccc(C(C)=O)cc1. The number of ketones is 1. The second-order valence-corrected chi connectivity index (χ2v) is 3.96. The molecule has 1 rings (SSSR count). The maximum absolute atomic E-state index is 11.1. The molecule has 3 nitrogen and oxygen atoms in total. The van der Waals surface area contributed by atoms with E-state index in [1.165, 1.54) is 0 Å². The van der Waals surface area contributed by atoms with Gasteiger partial charge in [-0.25, -0.2) is 0 Å². The van der Waals surface area contributed by atoms with Gasteiger partial charge in [-0.15, -0.1) is 0 Å². The summed E-state index contributed by atoms with van der Waals surface area (Å²) in [6.45, 7) is 6.72. The molecular formula is C13H20N2O. The number of benzene rings is 1. The van der Waals surface area contributed by atoms with Crippen molar-refractivity contribution in [3.63, 3.8) is 0 Å². The van der Waals surface area contributed by atoms with E-state index in [0.717, 1.165) is 30.9 Å². The first kappa shape index (κ1) is 12.7. The minimum atomic E-state index is 0.109. The number of nitrogens with one attached hydrogen (secondary N) is 1. The van der Waals surface area contributed by atoms with Gasteiger partial charge in [0.1, 0.15) is 0 Å². The van der Waals surface area contributed by atoms with Gasteiger partial charge < -0.3 is 10.2 Å². The van der Waals surface area contributed by atoms with E-state index in [0.29, 0.717) is 0 Å². The molecule has 1 aromatic carbocycles. The van der Waals surface area contributed by atoms with E-state index >= 15 is 0 Å². The zero-order chi connectivity index (χ0) is 12.0. The zero-order valence-electron chi connectivity index (χ0n) is 10.3. The maximum atomic E-state index is 11.1. The predicted octanol–water partition coefficient (Wildman–Crippen LogP) is 2.25. The third-order valence-corrected chi connectivity index (χ3v) is 2.65. The molecule has 0 aliphatic carbocycles. The molecule has 0 spiro atoms. The van der Waals surface area contributed by atoms with Crippen molar-refractivity contribution in [3.05, 3.63) is 29.8 Å². The highest BCUT2D eigenvalue weighted by molar-refractivity contribution is 5.94. The molecule has 0 fully saturated rings. The normalized spacial score (nSPS) is 10.5. The number of Topliss-reactive ketones (excluding diaryl/α,β-unsaturated/α-hetero) is 1. The number of likely N-dealkylation sites (N-methyl/N-ethyl adjacent to an activating group) is 1. The van der Waals surface area contributed by atoms with Crippen LogP contribution in [0.15, 0.2) is 24.3 Å². The van der Waals surface area contributed by atoms with Crippen molar-refractivity contribution >= 4 is 11.5 Å². The summed E-state index contributed by atoms with van der Waals surface area (Å²) in [4.78, 5) is 13.3. The van der Waals surface area contributed by atoms with Crippen LogP contribution in [0.5, 0.6) is 0 Å². The van der Waals surface area contributed by atoms with E-state index in [1.807, 2.05) is 24.3 Å². The summed E-state index contributed by atoms with van der Waals surface area (Å²) >= 11 is 0. The fourth-order valence-electron chi connectivity index (χ4n) is 1.37. The molecule has 0 saturated heterocycles. The van der Waals surface area contributed by atoms with Crippen molar-refractivity contribution < 1.29 is 4.79 Å². The lowest BCUT2D eigenvalue weighted by atomic mass is 10.1. The van der Waals surface area contributed by atoms with Crippen LogP contribution in [0.4, 0.5) is 5.69 Å². The van der Waals surface area contributed by atoms with Crippen LogP contribution in [-0.2, 0) is 0 Å². The van der Waals surface area contributed by atoms with Crippen LogP contribution in [0.3, 0.4) is 0 Å². The van der Waals surface area contributed by atoms with Gasteiger partial charge >= 0.3 is 0 Å². The Hall–Kier alpha value is -1.35. The van der Waals surface area contributed by atoms with E-state index in [-0.39, 0.29) is 5.78 Å². The number of hydrogen-bond acceptors (Lipinski definition) is 3. The van der Waals surface area contributed by atoms with Gasteiger partial charge in [0.2, 0.25) is 0 Å². The predicted molar refractivity (Wildman–Crippen MR) is 68.1 cm³/mol. The van der Waals surface area contributed by atoms with Crippen LogP contribution in [0, 0.1) is 0 Å². The summed E-state index contributed by atoms with van der Waals surface area (Å²) in [7, 11) is 2.10.